The minimum atomic E-state index is 0.0214. The van der Waals surface area contributed by atoms with E-state index < -0.39 is 0 Å². The van der Waals surface area contributed by atoms with Crippen LogP contribution in [0.4, 0.5) is 0 Å². The summed E-state index contributed by atoms with van der Waals surface area (Å²) in [5, 5.41) is 14.6. The zero-order valence-electron chi connectivity index (χ0n) is 15.8. The molecule has 0 aliphatic carbocycles. The zero-order chi connectivity index (χ0) is 19.2. The predicted molar refractivity (Wildman–Crippen MR) is 112 cm³/mol. The van der Waals surface area contributed by atoms with Gasteiger partial charge < -0.3 is 5.32 Å². The highest BCUT2D eigenvalue weighted by molar-refractivity contribution is 7.99. The van der Waals surface area contributed by atoms with Crippen molar-refractivity contribution in [2.24, 2.45) is 5.92 Å². The lowest BCUT2D eigenvalue weighted by Gasteiger charge is -2.17. The van der Waals surface area contributed by atoms with Crippen molar-refractivity contribution in [3.8, 4) is 10.7 Å². The van der Waals surface area contributed by atoms with Crippen molar-refractivity contribution in [1.29, 1.82) is 0 Å². The van der Waals surface area contributed by atoms with Gasteiger partial charge in [-0.05, 0) is 29.9 Å². The monoisotopic (exact) mass is 400 g/mol. The van der Waals surface area contributed by atoms with Gasteiger partial charge in [-0.1, -0.05) is 62.0 Å². The molecule has 0 saturated carbocycles. The molecule has 1 N–H and O–H groups in total. The van der Waals surface area contributed by atoms with Gasteiger partial charge in [0.05, 0.1) is 17.2 Å². The summed E-state index contributed by atoms with van der Waals surface area (Å²) in [7, 11) is 0. The molecule has 3 rings (SSSR count). The van der Waals surface area contributed by atoms with E-state index in [-0.39, 0.29) is 11.9 Å². The summed E-state index contributed by atoms with van der Waals surface area (Å²) in [4.78, 5) is 13.3. The van der Waals surface area contributed by atoms with E-state index in [1.165, 1.54) is 17.3 Å². The number of benzene rings is 1. The molecule has 0 fully saturated rings. The Morgan fingerprint density at radius 1 is 1.15 bits per heavy atom. The fourth-order valence-electron chi connectivity index (χ4n) is 2.48. The first-order valence-corrected chi connectivity index (χ1v) is 10.8. The van der Waals surface area contributed by atoms with E-state index >= 15 is 0 Å². The van der Waals surface area contributed by atoms with Gasteiger partial charge in [0, 0.05) is 6.04 Å². The number of hydrogen-bond acceptors (Lipinski definition) is 5. The molecule has 3 aromatic rings. The fourth-order valence-corrected chi connectivity index (χ4v) is 3.95. The molecular weight excluding hydrogens is 376 g/mol. The molecule has 2 heterocycles. The maximum Gasteiger partial charge on any atom is 0.230 e. The molecule has 2 aromatic heterocycles. The van der Waals surface area contributed by atoms with Gasteiger partial charge in [-0.2, -0.15) is 0 Å². The molecule has 1 amide bonds. The molecule has 1 atom stereocenters. The smallest absolute Gasteiger partial charge is 0.230 e. The maximum atomic E-state index is 12.2. The minimum absolute atomic E-state index is 0.0214. The van der Waals surface area contributed by atoms with Crippen molar-refractivity contribution in [2.75, 3.05) is 5.75 Å². The number of carbonyl (C=O) groups is 1. The Labute approximate surface area is 168 Å². The lowest BCUT2D eigenvalue weighted by atomic mass is 10.1. The number of carbonyl (C=O) groups excluding carboxylic acids is 1. The van der Waals surface area contributed by atoms with Gasteiger partial charge in [0.15, 0.2) is 11.0 Å². The van der Waals surface area contributed by atoms with Gasteiger partial charge in [-0.15, -0.1) is 21.5 Å². The summed E-state index contributed by atoms with van der Waals surface area (Å²) >= 11 is 3.07. The van der Waals surface area contributed by atoms with Crippen molar-refractivity contribution in [1.82, 2.24) is 20.1 Å². The number of amides is 1. The van der Waals surface area contributed by atoms with E-state index in [1.54, 1.807) is 11.3 Å². The van der Waals surface area contributed by atoms with Crippen LogP contribution in [0.2, 0.25) is 0 Å². The van der Waals surface area contributed by atoms with Crippen molar-refractivity contribution in [3.05, 3.63) is 53.4 Å². The second-order valence-electron chi connectivity index (χ2n) is 6.74. The van der Waals surface area contributed by atoms with Crippen LogP contribution in [-0.4, -0.2) is 32.5 Å². The van der Waals surface area contributed by atoms with E-state index in [2.05, 4.69) is 46.1 Å². The van der Waals surface area contributed by atoms with Gasteiger partial charge in [0.2, 0.25) is 5.91 Å². The maximum absolute atomic E-state index is 12.2. The quantitative estimate of drug-likeness (QED) is 0.573. The molecule has 0 saturated heterocycles. The highest BCUT2D eigenvalue weighted by atomic mass is 32.2. The van der Waals surface area contributed by atoms with E-state index in [1.807, 2.05) is 42.6 Å². The molecule has 0 aliphatic heterocycles. The first-order valence-electron chi connectivity index (χ1n) is 8.97. The molecule has 27 heavy (non-hydrogen) atoms. The number of rotatable bonds is 8. The Kier molecular flexibility index (Phi) is 6.68. The molecule has 0 spiro atoms. The lowest BCUT2D eigenvalue weighted by molar-refractivity contribution is -0.119. The van der Waals surface area contributed by atoms with Crippen LogP contribution in [0.25, 0.3) is 10.7 Å². The number of thioether (sulfide) groups is 1. The molecule has 0 radical (unpaired) electrons. The Morgan fingerprint density at radius 2 is 1.93 bits per heavy atom. The number of nitrogens with zero attached hydrogens (tertiary/aromatic N) is 3. The highest BCUT2D eigenvalue weighted by Gasteiger charge is 2.17. The zero-order valence-corrected chi connectivity index (χ0v) is 17.4. The largest absolute Gasteiger partial charge is 0.353 e. The Morgan fingerprint density at radius 3 is 2.59 bits per heavy atom. The number of aromatic nitrogens is 3. The summed E-state index contributed by atoms with van der Waals surface area (Å²) < 4.78 is 2.09. The van der Waals surface area contributed by atoms with E-state index in [9.17, 15) is 4.79 Å². The average Bonchev–Trinajstić information content (AvgIpc) is 3.30. The minimum Gasteiger partial charge on any atom is -0.353 e. The van der Waals surface area contributed by atoms with Crippen LogP contribution in [-0.2, 0) is 11.3 Å². The second kappa shape index (κ2) is 9.19. The SMILES string of the molecule is CC(C)[C@H](C)NC(=O)CSc1nnc(-c2cccs2)n1Cc1ccccc1. The third kappa shape index (κ3) is 5.20. The summed E-state index contributed by atoms with van der Waals surface area (Å²) in [5.41, 5.74) is 1.18. The van der Waals surface area contributed by atoms with E-state index in [0.717, 1.165) is 15.9 Å². The first-order chi connectivity index (χ1) is 13.0. The van der Waals surface area contributed by atoms with Gasteiger partial charge in [-0.25, -0.2) is 0 Å². The van der Waals surface area contributed by atoms with Crippen LogP contribution >= 0.6 is 23.1 Å². The molecule has 0 aliphatic rings. The first kappa shape index (κ1) is 19.6. The van der Waals surface area contributed by atoms with E-state index in [4.69, 9.17) is 0 Å². The summed E-state index contributed by atoms with van der Waals surface area (Å²) in [6.45, 7) is 6.90. The van der Waals surface area contributed by atoms with Crippen LogP contribution in [0.1, 0.15) is 26.3 Å². The number of nitrogens with one attached hydrogen (secondary N) is 1. The predicted octanol–water partition coefficient (Wildman–Crippen LogP) is 4.31. The highest BCUT2D eigenvalue weighted by Crippen LogP contribution is 2.28. The van der Waals surface area contributed by atoms with Gasteiger partial charge in [0.25, 0.3) is 0 Å². The van der Waals surface area contributed by atoms with Crippen molar-refractivity contribution in [3.63, 3.8) is 0 Å². The fraction of sp³-hybridized carbons (Fsp3) is 0.350. The molecule has 0 unspecified atom stereocenters. The topological polar surface area (TPSA) is 59.8 Å². The molecule has 1 aromatic carbocycles. The van der Waals surface area contributed by atoms with Crippen molar-refractivity contribution >= 4 is 29.0 Å². The van der Waals surface area contributed by atoms with Crippen LogP contribution < -0.4 is 5.32 Å². The Bertz CT molecular complexity index is 860. The van der Waals surface area contributed by atoms with Crippen molar-refractivity contribution < 1.29 is 4.79 Å². The molecule has 142 valence electrons. The standard InChI is InChI=1S/C20H24N4OS2/c1-14(2)15(3)21-18(25)13-27-20-23-22-19(17-10-7-11-26-17)24(20)12-16-8-5-4-6-9-16/h4-11,14-15H,12-13H2,1-3H3,(H,21,25)/t15-/m0/s1. The van der Waals surface area contributed by atoms with Crippen LogP contribution in [0.5, 0.6) is 0 Å². The van der Waals surface area contributed by atoms with Gasteiger partial charge in [0.1, 0.15) is 0 Å². The van der Waals surface area contributed by atoms with Gasteiger partial charge >= 0.3 is 0 Å². The third-order valence-electron chi connectivity index (χ3n) is 4.36. The summed E-state index contributed by atoms with van der Waals surface area (Å²) in [5.74, 6) is 1.60. The molecular formula is C20H24N4OS2. The summed E-state index contributed by atoms with van der Waals surface area (Å²) in [6, 6.07) is 14.4. The third-order valence-corrected chi connectivity index (χ3v) is 6.20. The van der Waals surface area contributed by atoms with Gasteiger partial charge in [-0.3, -0.25) is 9.36 Å². The molecule has 0 bridgehead atoms. The number of hydrogen-bond donors (Lipinski definition) is 1. The number of thiophene rings is 1. The van der Waals surface area contributed by atoms with Crippen LogP contribution in [0, 0.1) is 5.92 Å². The Hall–Kier alpha value is -2.12. The molecule has 7 heteroatoms. The van der Waals surface area contributed by atoms with E-state index in [0.29, 0.717) is 18.2 Å². The van der Waals surface area contributed by atoms with Crippen LogP contribution in [0.3, 0.4) is 0 Å². The lowest BCUT2D eigenvalue weighted by Crippen LogP contribution is -2.37. The van der Waals surface area contributed by atoms with Crippen molar-refractivity contribution in [2.45, 2.75) is 38.5 Å². The average molecular weight is 401 g/mol. The normalized spacial score (nSPS) is 12.3. The Balaban J connectivity index is 1.77. The summed E-state index contributed by atoms with van der Waals surface area (Å²) in [6.07, 6.45) is 0. The van der Waals surface area contributed by atoms with Crippen LogP contribution in [0.15, 0.2) is 53.0 Å². The molecule has 5 nitrogen and oxygen atoms in total. The second-order valence-corrected chi connectivity index (χ2v) is 8.63.